The van der Waals surface area contributed by atoms with Gasteiger partial charge in [0.2, 0.25) is 5.91 Å². The van der Waals surface area contributed by atoms with Gasteiger partial charge in [-0.2, -0.15) is 0 Å². The van der Waals surface area contributed by atoms with Gasteiger partial charge in [-0.25, -0.2) is 4.79 Å². The molecular weight excluding hydrogens is 358 g/mol. The van der Waals surface area contributed by atoms with Crippen molar-refractivity contribution in [1.82, 2.24) is 10.2 Å². The first kappa shape index (κ1) is 20.2. The van der Waals surface area contributed by atoms with Gasteiger partial charge in [0.1, 0.15) is 17.8 Å². The third-order valence-electron chi connectivity index (χ3n) is 5.99. The van der Waals surface area contributed by atoms with Crippen molar-refractivity contribution >= 4 is 23.5 Å². The monoisotopic (exact) mass is 387 g/mol. The Morgan fingerprint density at radius 2 is 1.89 bits per heavy atom. The van der Waals surface area contributed by atoms with Gasteiger partial charge in [0.25, 0.3) is 5.91 Å². The molecule has 4 amide bonds. The average molecular weight is 387 g/mol. The van der Waals surface area contributed by atoms with Crippen LogP contribution in [0.15, 0.2) is 24.3 Å². The van der Waals surface area contributed by atoms with Crippen LogP contribution in [0.25, 0.3) is 0 Å². The van der Waals surface area contributed by atoms with E-state index in [0.717, 1.165) is 17.7 Å². The second kappa shape index (κ2) is 7.45. The molecule has 0 radical (unpaired) electrons. The minimum absolute atomic E-state index is 0.182. The highest BCUT2D eigenvalue weighted by Crippen LogP contribution is 2.43. The predicted octanol–water partition coefficient (Wildman–Crippen LogP) is 3.16. The van der Waals surface area contributed by atoms with E-state index < -0.39 is 17.5 Å². The Morgan fingerprint density at radius 3 is 2.50 bits per heavy atom. The molecule has 0 atom stereocenters. The number of hydrogen-bond acceptors (Lipinski definition) is 4. The zero-order valence-electron chi connectivity index (χ0n) is 17.0. The molecule has 2 fully saturated rings. The summed E-state index contributed by atoms with van der Waals surface area (Å²) in [4.78, 5) is 38.9. The Morgan fingerprint density at radius 1 is 1.25 bits per heavy atom. The molecule has 1 heterocycles. The number of hydrogen-bond donors (Lipinski definition) is 2. The normalized spacial score (nSPS) is 25.0. The fraction of sp³-hybridized carbons (Fsp3) is 0.571. The zero-order valence-corrected chi connectivity index (χ0v) is 17.0. The van der Waals surface area contributed by atoms with Gasteiger partial charge in [-0.1, -0.05) is 32.9 Å². The Balaban J connectivity index is 1.65. The summed E-state index contributed by atoms with van der Waals surface area (Å²) in [6.07, 6.45) is 3.00. The molecule has 2 N–H and O–H groups in total. The fourth-order valence-corrected chi connectivity index (χ4v) is 4.22. The third-order valence-corrected chi connectivity index (χ3v) is 5.99. The van der Waals surface area contributed by atoms with E-state index in [1.165, 1.54) is 7.11 Å². The lowest BCUT2D eigenvalue weighted by Gasteiger charge is -2.40. The van der Waals surface area contributed by atoms with Gasteiger partial charge in [-0.15, -0.1) is 0 Å². The lowest BCUT2D eigenvalue weighted by molar-refractivity contribution is -0.135. The van der Waals surface area contributed by atoms with Crippen molar-refractivity contribution in [2.45, 2.75) is 52.0 Å². The highest BCUT2D eigenvalue weighted by atomic mass is 16.5. The number of carbonyl (C=O) groups excluding carboxylic acids is 3. The molecule has 152 valence electrons. The number of nitrogens with zero attached hydrogens (tertiary/aromatic N) is 1. The van der Waals surface area contributed by atoms with E-state index in [2.05, 4.69) is 31.4 Å². The summed E-state index contributed by atoms with van der Waals surface area (Å²) in [6.45, 7) is 6.31. The highest BCUT2D eigenvalue weighted by molar-refractivity contribution is 6.10. The van der Waals surface area contributed by atoms with Crippen LogP contribution >= 0.6 is 0 Å². The van der Waals surface area contributed by atoms with Crippen LogP contribution in [0.3, 0.4) is 0 Å². The first-order chi connectivity index (χ1) is 13.2. The molecule has 1 aromatic rings. The van der Waals surface area contributed by atoms with E-state index in [1.807, 2.05) is 0 Å². The molecule has 2 aliphatic rings. The maximum Gasteiger partial charge on any atom is 0.325 e. The molecule has 1 saturated carbocycles. The van der Waals surface area contributed by atoms with E-state index in [-0.39, 0.29) is 17.9 Å². The maximum atomic E-state index is 13.0. The number of urea groups is 1. The molecule has 3 rings (SSSR count). The van der Waals surface area contributed by atoms with Gasteiger partial charge in [0, 0.05) is 0 Å². The maximum absolute atomic E-state index is 13.0. The minimum Gasteiger partial charge on any atom is -0.495 e. The fourth-order valence-electron chi connectivity index (χ4n) is 4.22. The lowest BCUT2D eigenvalue weighted by Crippen LogP contribution is -2.50. The average Bonchev–Trinajstić information content (AvgIpc) is 2.86. The van der Waals surface area contributed by atoms with Crippen LogP contribution in [0.5, 0.6) is 5.75 Å². The molecule has 1 saturated heterocycles. The molecule has 0 unspecified atom stereocenters. The second-order valence-electron chi connectivity index (χ2n) is 8.79. The molecule has 28 heavy (non-hydrogen) atoms. The minimum atomic E-state index is -0.858. The molecule has 7 heteroatoms. The number of anilines is 1. The summed E-state index contributed by atoms with van der Waals surface area (Å²) in [5, 5.41) is 5.58. The Labute approximate surface area is 165 Å². The first-order valence-corrected chi connectivity index (χ1v) is 9.73. The van der Waals surface area contributed by atoms with E-state index in [0.29, 0.717) is 30.2 Å². The van der Waals surface area contributed by atoms with Crippen LogP contribution in [0, 0.1) is 11.3 Å². The summed E-state index contributed by atoms with van der Waals surface area (Å²) >= 11 is 0. The molecule has 0 aromatic heterocycles. The largest absolute Gasteiger partial charge is 0.495 e. The number of amides is 4. The van der Waals surface area contributed by atoms with Gasteiger partial charge in [-0.05, 0) is 49.1 Å². The van der Waals surface area contributed by atoms with E-state index in [4.69, 9.17) is 4.74 Å². The molecule has 1 aromatic carbocycles. The van der Waals surface area contributed by atoms with Crippen LogP contribution < -0.4 is 15.4 Å². The number of para-hydroxylation sites is 2. The van der Waals surface area contributed by atoms with E-state index >= 15 is 0 Å². The standard InChI is InChI=1S/C21H29N3O4/c1-20(2,3)14-9-11-21(12-10-14)18(26)24(19(27)23-21)13-17(25)22-15-7-5-6-8-16(15)28-4/h5-8,14H,9-13H2,1-4H3,(H,22,25)(H,23,27). The van der Waals surface area contributed by atoms with Crippen molar-refractivity contribution in [2.24, 2.45) is 11.3 Å². The van der Waals surface area contributed by atoms with Crippen molar-refractivity contribution in [3.63, 3.8) is 0 Å². The van der Waals surface area contributed by atoms with Gasteiger partial charge >= 0.3 is 6.03 Å². The smallest absolute Gasteiger partial charge is 0.325 e. The van der Waals surface area contributed by atoms with Crippen LogP contribution in [-0.2, 0) is 9.59 Å². The van der Waals surface area contributed by atoms with Crippen molar-refractivity contribution in [2.75, 3.05) is 19.0 Å². The summed E-state index contributed by atoms with van der Waals surface area (Å²) in [5.74, 6) is 0.309. The lowest BCUT2D eigenvalue weighted by atomic mass is 9.67. The summed E-state index contributed by atoms with van der Waals surface area (Å²) in [5.41, 5.74) is -0.173. The van der Waals surface area contributed by atoms with E-state index in [9.17, 15) is 14.4 Å². The molecule has 7 nitrogen and oxygen atoms in total. The van der Waals surface area contributed by atoms with Crippen molar-refractivity contribution in [3.05, 3.63) is 24.3 Å². The zero-order chi connectivity index (χ0) is 20.5. The molecule has 1 aliphatic carbocycles. The Hall–Kier alpha value is -2.57. The van der Waals surface area contributed by atoms with Gasteiger partial charge < -0.3 is 15.4 Å². The SMILES string of the molecule is COc1ccccc1NC(=O)CN1C(=O)NC2(CCC(C(C)(C)C)CC2)C1=O. The molecule has 1 spiro atoms. The van der Waals surface area contributed by atoms with Crippen LogP contribution in [0.1, 0.15) is 46.5 Å². The Kier molecular flexibility index (Phi) is 5.37. The van der Waals surface area contributed by atoms with Crippen molar-refractivity contribution < 1.29 is 19.1 Å². The summed E-state index contributed by atoms with van der Waals surface area (Å²) in [6, 6.07) is 6.51. The predicted molar refractivity (Wildman–Crippen MR) is 106 cm³/mol. The van der Waals surface area contributed by atoms with Crippen molar-refractivity contribution in [1.29, 1.82) is 0 Å². The number of nitrogens with one attached hydrogen (secondary N) is 2. The highest BCUT2D eigenvalue weighted by Gasteiger charge is 2.53. The third kappa shape index (κ3) is 3.84. The van der Waals surface area contributed by atoms with E-state index in [1.54, 1.807) is 24.3 Å². The number of rotatable bonds is 4. The van der Waals surface area contributed by atoms with Crippen LogP contribution in [0.2, 0.25) is 0 Å². The quantitative estimate of drug-likeness (QED) is 0.777. The van der Waals surface area contributed by atoms with Gasteiger partial charge in [0.15, 0.2) is 0 Å². The van der Waals surface area contributed by atoms with Crippen LogP contribution in [0.4, 0.5) is 10.5 Å². The number of ether oxygens (including phenoxy) is 1. The number of imide groups is 1. The number of methoxy groups -OCH3 is 1. The topological polar surface area (TPSA) is 87.7 Å². The van der Waals surface area contributed by atoms with Gasteiger partial charge in [-0.3, -0.25) is 14.5 Å². The van der Waals surface area contributed by atoms with Gasteiger partial charge in [0.05, 0.1) is 12.8 Å². The number of carbonyl (C=O) groups is 3. The molecular formula is C21H29N3O4. The molecule has 0 bridgehead atoms. The van der Waals surface area contributed by atoms with Crippen molar-refractivity contribution in [3.8, 4) is 5.75 Å². The molecule has 1 aliphatic heterocycles. The van der Waals surface area contributed by atoms with Crippen LogP contribution in [-0.4, -0.2) is 41.9 Å². The summed E-state index contributed by atoms with van der Waals surface area (Å²) < 4.78 is 5.21. The summed E-state index contributed by atoms with van der Waals surface area (Å²) in [7, 11) is 1.51. The second-order valence-corrected chi connectivity index (χ2v) is 8.79. The Bertz CT molecular complexity index is 776. The first-order valence-electron chi connectivity index (χ1n) is 9.73. The number of benzene rings is 1.